The van der Waals surface area contributed by atoms with E-state index >= 15 is 0 Å². The molecule has 1 unspecified atom stereocenters. The average molecular weight is 472 g/mol. The summed E-state index contributed by atoms with van der Waals surface area (Å²) in [4.78, 5) is 51.8. The molecule has 0 saturated heterocycles. The van der Waals surface area contributed by atoms with Gasteiger partial charge >= 0.3 is 11.9 Å². The van der Waals surface area contributed by atoms with E-state index in [4.69, 9.17) is 11.6 Å². The lowest BCUT2D eigenvalue weighted by Crippen LogP contribution is -2.55. The summed E-state index contributed by atoms with van der Waals surface area (Å²) in [6.07, 6.45) is 8.24. The van der Waals surface area contributed by atoms with E-state index in [1.54, 1.807) is 48.6 Å². The number of rotatable bonds is 9. The zero-order valence-electron chi connectivity index (χ0n) is 18.7. The molecule has 1 aromatic rings. The van der Waals surface area contributed by atoms with Crippen LogP contribution in [0.4, 0.5) is 10.5 Å². The van der Waals surface area contributed by atoms with Gasteiger partial charge in [-0.2, -0.15) is 14.3 Å². The predicted molar refractivity (Wildman–Crippen MR) is 126 cm³/mol. The molecule has 0 spiro atoms. The number of hydrogen-bond donors (Lipinski definition) is 2. The summed E-state index contributed by atoms with van der Waals surface area (Å²) in [7, 11) is 0. The molecule has 33 heavy (non-hydrogen) atoms. The van der Waals surface area contributed by atoms with Crippen molar-refractivity contribution in [3.63, 3.8) is 0 Å². The zero-order valence-corrected chi connectivity index (χ0v) is 19.5. The molecule has 0 aromatic heterocycles. The first kappa shape index (κ1) is 24.4. The summed E-state index contributed by atoms with van der Waals surface area (Å²) in [6, 6.07) is 6.24. The smallest absolute Gasteiger partial charge is 0.354 e. The first-order valence-corrected chi connectivity index (χ1v) is 11.3. The summed E-state index contributed by atoms with van der Waals surface area (Å²) < 4.78 is 1.33. The minimum atomic E-state index is -0.629. The number of carbonyl (C=O) groups is 4. The Morgan fingerprint density at radius 3 is 2.67 bits per heavy atom. The summed E-state index contributed by atoms with van der Waals surface area (Å²) in [5.41, 5.74) is 0.992. The molecule has 9 heteroatoms. The third kappa shape index (κ3) is 6.38. The number of amides is 5. The number of allylic oxidation sites excluding steroid dienone is 3. The Balaban J connectivity index is 1.69. The molecule has 1 aromatic carbocycles. The fourth-order valence-corrected chi connectivity index (χ4v) is 3.93. The second kappa shape index (κ2) is 11.0. The van der Waals surface area contributed by atoms with Gasteiger partial charge in [0.2, 0.25) is 5.91 Å². The van der Waals surface area contributed by atoms with Gasteiger partial charge in [0.1, 0.15) is 11.6 Å². The van der Waals surface area contributed by atoms with Crippen LogP contribution in [0.25, 0.3) is 0 Å². The van der Waals surface area contributed by atoms with E-state index in [2.05, 4.69) is 10.6 Å². The van der Waals surface area contributed by atoms with Crippen molar-refractivity contribution in [2.45, 2.75) is 39.2 Å². The molecule has 0 bridgehead atoms. The quantitative estimate of drug-likeness (QED) is 0.427. The Morgan fingerprint density at radius 1 is 1.15 bits per heavy atom. The van der Waals surface area contributed by atoms with Crippen LogP contribution in [0.5, 0.6) is 0 Å². The number of fused-ring (bicyclic) bond motifs is 1. The predicted octanol–water partition coefficient (Wildman–Crippen LogP) is 3.13. The van der Waals surface area contributed by atoms with E-state index < -0.39 is 17.9 Å². The molecule has 2 N–H and O–H groups in total. The van der Waals surface area contributed by atoms with Gasteiger partial charge in [-0.1, -0.05) is 35.9 Å². The standard InChI is InChI=1S/C24H27ClN4O4/c1-16(2)26-21(30)12-5-6-13-28-23(32)19-10-3-4-11-20(19)29(24(28)33)15-22(31)27-18-9-7-8-17(25)14-18/h3-4,7-11,14,16,19H,5-6,12-13,15H2,1-2H3,(H-,26,27,30,31)/p+1. The Morgan fingerprint density at radius 2 is 1.94 bits per heavy atom. The fourth-order valence-electron chi connectivity index (χ4n) is 3.74. The first-order valence-electron chi connectivity index (χ1n) is 11.0. The van der Waals surface area contributed by atoms with E-state index in [1.807, 2.05) is 13.8 Å². The van der Waals surface area contributed by atoms with Gasteiger partial charge in [-0.05, 0) is 51.0 Å². The van der Waals surface area contributed by atoms with Gasteiger partial charge in [0.25, 0.3) is 5.91 Å². The molecule has 8 nitrogen and oxygen atoms in total. The molecule has 0 radical (unpaired) electrons. The minimum absolute atomic E-state index is 0.0587. The zero-order chi connectivity index (χ0) is 24.0. The monoisotopic (exact) mass is 471 g/mol. The number of carbonyl (C=O) groups excluding carboxylic acids is 4. The molecule has 5 amide bonds. The Hall–Kier alpha value is -3.26. The van der Waals surface area contributed by atoms with Gasteiger partial charge in [0.15, 0.2) is 6.54 Å². The van der Waals surface area contributed by atoms with Gasteiger partial charge in [-0.15, -0.1) is 0 Å². The van der Waals surface area contributed by atoms with Crippen molar-refractivity contribution in [2.75, 3.05) is 18.4 Å². The van der Waals surface area contributed by atoms with Crippen molar-refractivity contribution in [3.8, 4) is 0 Å². The third-order valence-electron chi connectivity index (χ3n) is 5.20. The van der Waals surface area contributed by atoms with Crippen LogP contribution in [0, 0.1) is 5.92 Å². The van der Waals surface area contributed by atoms with Crippen LogP contribution in [0.3, 0.4) is 0 Å². The number of hydrogen-bond acceptors (Lipinski definition) is 4. The highest BCUT2D eigenvalue weighted by atomic mass is 35.5. The van der Waals surface area contributed by atoms with Gasteiger partial charge in [0, 0.05) is 23.2 Å². The van der Waals surface area contributed by atoms with Crippen molar-refractivity contribution in [2.24, 2.45) is 5.92 Å². The summed E-state index contributed by atoms with van der Waals surface area (Å²) in [5.74, 6) is -1.42. The first-order chi connectivity index (χ1) is 15.8. The second-order valence-electron chi connectivity index (χ2n) is 8.24. The van der Waals surface area contributed by atoms with E-state index in [1.165, 1.54) is 9.48 Å². The second-order valence-corrected chi connectivity index (χ2v) is 8.68. The Kier molecular flexibility index (Phi) is 8.16. The van der Waals surface area contributed by atoms with Crippen molar-refractivity contribution in [1.82, 2.24) is 10.2 Å². The molecule has 2 aliphatic rings. The van der Waals surface area contributed by atoms with Crippen LogP contribution in [0.1, 0.15) is 33.1 Å². The van der Waals surface area contributed by atoms with Crippen LogP contribution in [0.15, 0.2) is 48.6 Å². The van der Waals surface area contributed by atoms with Crippen LogP contribution >= 0.6 is 11.6 Å². The number of halogens is 1. The molecule has 174 valence electrons. The molecule has 3 rings (SSSR count). The van der Waals surface area contributed by atoms with Crippen LogP contribution in [-0.4, -0.2) is 58.1 Å². The lowest BCUT2D eigenvalue weighted by atomic mass is 9.94. The number of urea groups is 1. The van der Waals surface area contributed by atoms with Crippen molar-refractivity contribution >= 4 is 46.8 Å². The van der Waals surface area contributed by atoms with Gasteiger partial charge in [-0.3, -0.25) is 9.59 Å². The van der Waals surface area contributed by atoms with Crippen molar-refractivity contribution in [3.05, 3.63) is 53.6 Å². The van der Waals surface area contributed by atoms with E-state index in [9.17, 15) is 19.2 Å². The normalized spacial score (nSPS) is 17.5. The number of unbranched alkanes of at least 4 members (excludes halogenated alkanes) is 1. The minimum Gasteiger partial charge on any atom is -0.354 e. The van der Waals surface area contributed by atoms with Crippen LogP contribution in [0.2, 0.25) is 5.02 Å². The fraction of sp³-hybridized carbons (Fsp3) is 0.375. The molecular formula is C24H28ClN4O4+. The number of imide groups is 1. The van der Waals surface area contributed by atoms with E-state index in [0.717, 1.165) is 0 Å². The number of benzene rings is 1. The topological polar surface area (TPSA) is 98.6 Å². The summed E-state index contributed by atoms with van der Waals surface area (Å²) in [6.45, 7) is 3.72. The number of nitrogens with one attached hydrogen (secondary N) is 2. The Bertz CT molecular complexity index is 1040. The molecule has 0 fully saturated rings. The van der Waals surface area contributed by atoms with Gasteiger partial charge in [0.05, 0.1) is 6.54 Å². The third-order valence-corrected chi connectivity index (χ3v) is 5.44. The average Bonchev–Trinajstić information content (AvgIpc) is 2.75. The summed E-state index contributed by atoms with van der Waals surface area (Å²) >= 11 is 5.97. The molecule has 0 saturated carbocycles. The van der Waals surface area contributed by atoms with E-state index in [-0.39, 0.29) is 30.9 Å². The van der Waals surface area contributed by atoms with Crippen molar-refractivity contribution < 1.29 is 23.8 Å². The Labute approximate surface area is 198 Å². The molecule has 1 aliphatic heterocycles. The molecule has 1 heterocycles. The molecular weight excluding hydrogens is 444 g/mol. The maximum absolute atomic E-state index is 13.2. The van der Waals surface area contributed by atoms with Crippen molar-refractivity contribution in [1.29, 1.82) is 0 Å². The largest absolute Gasteiger partial charge is 0.501 e. The SMILES string of the molecule is CC(C)NC(=O)CCCCN1C(=O)C2C=CC=CC2=[N+](CC(=O)Nc2cccc(Cl)c2)C1=O. The lowest BCUT2D eigenvalue weighted by molar-refractivity contribution is -0.427. The van der Waals surface area contributed by atoms with Crippen LogP contribution in [-0.2, 0) is 14.4 Å². The number of anilines is 1. The summed E-state index contributed by atoms with van der Waals surface area (Å²) in [5, 5.41) is 6.03. The van der Waals surface area contributed by atoms with Crippen LogP contribution < -0.4 is 10.6 Å². The molecule has 1 aliphatic carbocycles. The van der Waals surface area contributed by atoms with Gasteiger partial charge < -0.3 is 10.6 Å². The highest BCUT2D eigenvalue weighted by Crippen LogP contribution is 2.21. The maximum atomic E-state index is 13.2. The van der Waals surface area contributed by atoms with Gasteiger partial charge in [-0.25, -0.2) is 4.79 Å². The highest BCUT2D eigenvalue weighted by Gasteiger charge is 2.46. The number of nitrogens with zero attached hydrogens (tertiary/aromatic N) is 2. The highest BCUT2D eigenvalue weighted by molar-refractivity contribution is 6.30. The lowest BCUT2D eigenvalue weighted by Gasteiger charge is -2.26. The molecule has 1 atom stereocenters. The maximum Gasteiger partial charge on any atom is 0.501 e. The van der Waals surface area contributed by atoms with E-state index in [0.29, 0.717) is 35.7 Å².